The first-order valence-corrected chi connectivity index (χ1v) is 8.01. The van der Waals surface area contributed by atoms with E-state index < -0.39 is 10.0 Å². The quantitative estimate of drug-likeness (QED) is 0.855. The molecule has 2 aromatic rings. The maximum Gasteiger partial charge on any atom is 0.243 e. The van der Waals surface area contributed by atoms with Crippen LogP contribution in [0.5, 0.6) is 0 Å². The molecule has 0 radical (unpaired) electrons. The first-order chi connectivity index (χ1) is 9.95. The van der Waals surface area contributed by atoms with E-state index in [1.165, 1.54) is 11.4 Å². The highest BCUT2D eigenvalue weighted by atomic mass is 32.2. The predicted octanol–water partition coefficient (Wildman–Crippen LogP) is 0.776. The lowest BCUT2D eigenvalue weighted by Crippen LogP contribution is -2.27. The smallest absolute Gasteiger partial charge is 0.243 e. The van der Waals surface area contributed by atoms with E-state index in [4.69, 9.17) is 5.11 Å². The molecule has 114 valence electrons. The van der Waals surface area contributed by atoms with Crippen LogP contribution in [-0.2, 0) is 30.0 Å². The van der Waals surface area contributed by atoms with Gasteiger partial charge in [0.05, 0.1) is 11.4 Å². The standard InChI is InChI=1S/C14H19N3O3S/c1-16-9-8-15-14(16)11-17(2)21(19,20)13-5-3-12(4-6-13)7-10-18/h3-6,8-9,18H,7,10-11H2,1-2H3. The summed E-state index contributed by atoms with van der Waals surface area (Å²) >= 11 is 0. The van der Waals surface area contributed by atoms with Gasteiger partial charge < -0.3 is 9.67 Å². The lowest BCUT2D eigenvalue weighted by molar-refractivity contribution is 0.299. The van der Waals surface area contributed by atoms with Crippen LogP contribution >= 0.6 is 0 Å². The maximum atomic E-state index is 12.5. The lowest BCUT2D eigenvalue weighted by atomic mass is 10.2. The molecule has 0 bridgehead atoms. The van der Waals surface area contributed by atoms with Gasteiger partial charge in [-0.2, -0.15) is 4.31 Å². The summed E-state index contributed by atoms with van der Waals surface area (Å²) in [5.74, 6) is 0.679. The summed E-state index contributed by atoms with van der Waals surface area (Å²) in [5.41, 5.74) is 0.906. The van der Waals surface area contributed by atoms with Crippen LogP contribution in [0.1, 0.15) is 11.4 Å². The fraction of sp³-hybridized carbons (Fsp3) is 0.357. The topological polar surface area (TPSA) is 75.4 Å². The molecule has 0 saturated heterocycles. The van der Waals surface area contributed by atoms with E-state index in [9.17, 15) is 8.42 Å². The minimum absolute atomic E-state index is 0.0468. The second-order valence-corrected chi connectivity index (χ2v) is 6.88. The van der Waals surface area contributed by atoms with E-state index in [0.717, 1.165) is 5.56 Å². The van der Waals surface area contributed by atoms with Crippen molar-refractivity contribution in [2.45, 2.75) is 17.9 Å². The number of imidazole rings is 1. The molecular weight excluding hydrogens is 290 g/mol. The third-order valence-corrected chi connectivity index (χ3v) is 5.13. The molecule has 0 aliphatic carbocycles. The average molecular weight is 309 g/mol. The summed E-state index contributed by atoms with van der Waals surface area (Å²) in [5, 5.41) is 8.87. The SMILES string of the molecule is CN(Cc1nccn1C)S(=O)(=O)c1ccc(CCO)cc1. The van der Waals surface area contributed by atoms with Gasteiger partial charge in [-0.1, -0.05) is 12.1 Å². The molecular formula is C14H19N3O3S. The summed E-state index contributed by atoms with van der Waals surface area (Å²) in [7, 11) is -0.187. The summed E-state index contributed by atoms with van der Waals surface area (Å²) in [6, 6.07) is 6.57. The predicted molar refractivity (Wildman–Crippen MR) is 79.1 cm³/mol. The number of hydrogen-bond donors (Lipinski definition) is 1. The maximum absolute atomic E-state index is 12.5. The van der Waals surface area contributed by atoms with Crippen LogP contribution in [0.15, 0.2) is 41.6 Å². The monoisotopic (exact) mass is 309 g/mol. The van der Waals surface area contributed by atoms with Gasteiger partial charge in [-0.15, -0.1) is 0 Å². The van der Waals surface area contributed by atoms with Gasteiger partial charge >= 0.3 is 0 Å². The second-order valence-electron chi connectivity index (χ2n) is 4.83. The van der Waals surface area contributed by atoms with Crippen LogP contribution in [0, 0.1) is 0 Å². The molecule has 0 fully saturated rings. The van der Waals surface area contributed by atoms with Crippen molar-refractivity contribution in [1.29, 1.82) is 0 Å². The van der Waals surface area contributed by atoms with Crippen LogP contribution in [0.25, 0.3) is 0 Å². The van der Waals surface area contributed by atoms with Crippen molar-refractivity contribution in [3.8, 4) is 0 Å². The van der Waals surface area contributed by atoms with Gasteiger partial charge in [0, 0.05) is 33.1 Å². The molecule has 0 amide bonds. The van der Waals surface area contributed by atoms with Crippen molar-refractivity contribution in [2.24, 2.45) is 7.05 Å². The molecule has 0 saturated carbocycles. The molecule has 7 heteroatoms. The molecule has 6 nitrogen and oxygen atoms in total. The number of hydrogen-bond acceptors (Lipinski definition) is 4. The minimum Gasteiger partial charge on any atom is -0.396 e. The number of aliphatic hydroxyl groups is 1. The largest absolute Gasteiger partial charge is 0.396 e. The van der Waals surface area contributed by atoms with Crippen LogP contribution < -0.4 is 0 Å². The minimum atomic E-state index is -3.55. The Labute approximate surface area is 124 Å². The summed E-state index contributed by atoms with van der Waals surface area (Å²) in [4.78, 5) is 4.37. The molecule has 1 aromatic heterocycles. The molecule has 1 heterocycles. The molecule has 0 aliphatic heterocycles. The van der Waals surface area contributed by atoms with Gasteiger partial charge in [-0.25, -0.2) is 13.4 Å². The Hall–Kier alpha value is -1.70. The molecule has 0 aliphatic rings. The van der Waals surface area contributed by atoms with Crippen LogP contribution in [-0.4, -0.2) is 41.0 Å². The number of aliphatic hydroxyl groups excluding tert-OH is 1. The Kier molecular flexibility index (Phi) is 4.76. The van der Waals surface area contributed by atoms with Crippen molar-refractivity contribution >= 4 is 10.0 Å². The van der Waals surface area contributed by atoms with E-state index in [1.54, 1.807) is 41.2 Å². The van der Waals surface area contributed by atoms with Crippen molar-refractivity contribution in [3.05, 3.63) is 48.0 Å². The third kappa shape index (κ3) is 3.49. The second kappa shape index (κ2) is 6.38. The van der Waals surface area contributed by atoms with Crippen molar-refractivity contribution in [1.82, 2.24) is 13.9 Å². The Balaban J connectivity index is 2.18. The van der Waals surface area contributed by atoms with E-state index in [-0.39, 0.29) is 18.0 Å². The Morgan fingerprint density at radius 2 is 1.95 bits per heavy atom. The van der Waals surface area contributed by atoms with Crippen molar-refractivity contribution in [3.63, 3.8) is 0 Å². The molecule has 0 atom stereocenters. The first kappa shape index (κ1) is 15.7. The number of sulfonamides is 1. The third-order valence-electron chi connectivity index (χ3n) is 3.32. The van der Waals surface area contributed by atoms with Gasteiger partial charge in [0.1, 0.15) is 5.82 Å². The van der Waals surface area contributed by atoms with E-state index in [0.29, 0.717) is 12.2 Å². The number of aromatic nitrogens is 2. The van der Waals surface area contributed by atoms with Gasteiger partial charge in [-0.3, -0.25) is 0 Å². The number of nitrogens with zero attached hydrogens (tertiary/aromatic N) is 3. The Morgan fingerprint density at radius 1 is 1.29 bits per heavy atom. The lowest BCUT2D eigenvalue weighted by Gasteiger charge is -2.17. The zero-order chi connectivity index (χ0) is 15.5. The van der Waals surface area contributed by atoms with E-state index in [2.05, 4.69) is 4.98 Å². The zero-order valence-corrected chi connectivity index (χ0v) is 12.9. The number of rotatable bonds is 6. The molecule has 21 heavy (non-hydrogen) atoms. The van der Waals surface area contributed by atoms with Crippen LogP contribution in [0.3, 0.4) is 0 Å². The highest BCUT2D eigenvalue weighted by Crippen LogP contribution is 2.17. The first-order valence-electron chi connectivity index (χ1n) is 6.57. The summed E-state index contributed by atoms with van der Waals surface area (Å²) in [6.07, 6.45) is 3.93. The summed E-state index contributed by atoms with van der Waals surface area (Å²) in [6.45, 7) is 0.259. The van der Waals surface area contributed by atoms with Gasteiger partial charge in [0.15, 0.2) is 0 Å². The molecule has 1 N–H and O–H groups in total. The fourth-order valence-corrected chi connectivity index (χ4v) is 3.10. The van der Waals surface area contributed by atoms with E-state index >= 15 is 0 Å². The highest BCUT2D eigenvalue weighted by molar-refractivity contribution is 7.89. The van der Waals surface area contributed by atoms with Crippen LogP contribution in [0.2, 0.25) is 0 Å². The zero-order valence-electron chi connectivity index (χ0n) is 12.1. The highest BCUT2D eigenvalue weighted by Gasteiger charge is 2.21. The summed E-state index contributed by atoms with van der Waals surface area (Å²) < 4.78 is 28.0. The van der Waals surface area contributed by atoms with Gasteiger partial charge in [-0.05, 0) is 24.1 Å². The number of benzene rings is 1. The molecule has 0 unspecified atom stereocenters. The molecule has 1 aromatic carbocycles. The van der Waals surface area contributed by atoms with Crippen LogP contribution in [0.4, 0.5) is 0 Å². The Morgan fingerprint density at radius 3 is 2.48 bits per heavy atom. The fourth-order valence-electron chi connectivity index (χ4n) is 1.97. The van der Waals surface area contributed by atoms with E-state index in [1.807, 2.05) is 7.05 Å². The van der Waals surface area contributed by atoms with Crippen molar-refractivity contribution in [2.75, 3.05) is 13.7 Å². The number of aryl methyl sites for hydroxylation is 1. The normalized spacial score (nSPS) is 12.0. The van der Waals surface area contributed by atoms with Gasteiger partial charge in [0.2, 0.25) is 10.0 Å². The van der Waals surface area contributed by atoms with Gasteiger partial charge in [0.25, 0.3) is 0 Å². The molecule has 2 rings (SSSR count). The Bertz CT molecular complexity index is 693. The molecule has 0 spiro atoms. The average Bonchev–Trinajstić information content (AvgIpc) is 2.85. The van der Waals surface area contributed by atoms with Crippen molar-refractivity contribution < 1.29 is 13.5 Å².